The third-order valence-corrected chi connectivity index (χ3v) is 3.93. The first-order valence-electron chi connectivity index (χ1n) is 8.11. The van der Waals surface area contributed by atoms with E-state index in [9.17, 15) is 24.5 Å². The molecule has 1 amide bonds. The molecule has 1 N–H and O–H groups in total. The molecule has 10 heteroatoms. The van der Waals surface area contributed by atoms with Gasteiger partial charge in [0.1, 0.15) is 6.04 Å². The average molecular weight is 382 g/mol. The van der Waals surface area contributed by atoms with Gasteiger partial charge in [-0.2, -0.15) is 0 Å². The van der Waals surface area contributed by atoms with E-state index in [1.165, 1.54) is 26.4 Å². The Morgan fingerprint density at radius 2 is 1.93 bits per heavy atom. The first kappa shape index (κ1) is 21.9. The highest BCUT2D eigenvalue weighted by atomic mass is 16.6. The maximum atomic E-state index is 12.0. The van der Waals surface area contributed by atoms with Gasteiger partial charge < -0.3 is 19.5 Å². The average Bonchev–Trinajstić information content (AvgIpc) is 2.68. The van der Waals surface area contributed by atoms with Crippen molar-refractivity contribution in [3.05, 3.63) is 33.9 Å². The van der Waals surface area contributed by atoms with Gasteiger partial charge in [-0.05, 0) is 18.1 Å². The van der Waals surface area contributed by atoms with Gasteiger partial charge in [0.25, 0.3) is 5.91 Å². The Hall–Kier alpha value is -3.17. The monoisotopic (exact) mass is 382 g/mol. The second kappa shape index (κ2) is 10.1. The molecule has 0 heterocycles. The fourth-order valence-electron chi connectivity index (χ4n) is 2.19. The second-order valence-electron chi connectivity index (χ2n) is 5.67. The van der Waals surface area contributed by atoms with E-state index in [0.717, 1.165) is 6.07 Å². The summed E-state index contributed by atoms with van der Waals surface area (Å²) >= 11 is 0. The van der Waals surface area contributed by atoms with Crippen molar-refractivity contribution < 1.29 is 33.5 Å². The number of rotatable bonds is 9. The summed E-state index contributed by atoms with van der Waals surface area (Å²) in [5, 5.41) is 13.4. The molecule has 27 heavy (non-hydrogen) atoms. The highest BCUT2D eigenvalue weighted by Crippen LogP contribution is 2.27. The van der Waals surface area contributed by atoms with Crippen LogP contribution in [0.5, 0.6) is 5.75 Å². The van der Waals surface area contributed by atoms with E-state index < -0.39 is 41.1 Å². The first-order chi connectivity index (χ1) is 12.7. The summed E-state index contributed by atoms with van der Waals surface area (Å²) in [7, 11) is 2.47. The van der Waals surface area contributed by atoms with E-state index in [4.69, 9.17) is 9.47 Å². The largest absolute Gasteiger partial charge is 0.490 e. The van der Waals surface area contributed by atoms with Crippen LogP contribution in [0, 0.1) is 16.0 Å². The summed E-state index contributed by atoms with van der Waals surface area (Å²) in [4.78, 5) is 46.1. The smallest absolute Gasteiger partial charge is 0.338 e. The van der Waals surface area contributed by atoms with Gasteiger partial charge in [0.2, 0.25) is 0 Å². The van der Waals surface area contributed by atoms with Crippen LogP contribution in [0.1, 0.15) is 30.6 Å². The standard InChI is InChI=1S/C17H22N2O8/c1-5-10(2)15(17(22)26-4)18-14(20)9-27-16(21)11-6-7-13(25-3)12(8-11)19(23)24/h6-8,10,15H,5,9H2,1-4H3,(H,18,20)/t10-,15-/m1/s1. The van der Waals surface area contributed by atoms with Gasteiger partial charge in [-0.15, -0.1) is 0 Å². The fourth-order valence-corrected chi connectivity index (χ4v) is 2.19. The third-order valence-electron chi connectivity index (χ3n) is 3.93. The van der Waals surface area contributed by atoms with Crippen molar-refractivity contribution in [1.29, 1.82) is 0 Å². The Morgan fingerprint density at radius 3 is 2.44 bits per heavy atom. The number of methoxy groups -OCH3 is 2. The van der Waals surface area contributed by atoms with Crippen LogP contribution in [0.2, 0.25) is 0 Å². The van der Waals surface area contributed by atoms with Crippen LogP contribution in [0.4, 0.5) is 5.69 Å². The van der Waals surface area contributed by atoms with Crippen molar-refractivity contribution >= 4 is 23.5 Å². The van der Waals surface area contributed by atoms with E-state index in [1.807, 2.05) is 6.92 Å². The molecule has 0 aromatic heterocycles. The lowest BCUT2D eigenvalue weighted by Gasteiger charge is -2.21. The summed E-state index contributed by atoms with van der Waals surface area (Å²) in [6.45, 7) is 2.97. The van der Waals surface area contributed by atoms with Gasteiger partial charge in [-0.3, -0.25) is 14.9 Å². The third kappa shape index (κ3) is 5.94. The zero-order valence-corrected chi connectivity index (χ0v) is 15.5. The number of nitrogens with zero attached hydrogens (tertiary/aromatic N) is 1. The molecule has 1 rings (SSSR count). The number of hydrogen-bond acceptors (Lipinski definition) is 8. The van der Waals surface area contributed by atoms with Gasteiger partial charge in [0, 0.05) is 6.07 Å². The molecule has 0 spiro atoms. The molecule has 0 bridgehead atoms. The van der Waals surface area contributed by atoms with Crippen LogP contribution < -0.4 is 10.1 Å². The molecular formula is C17H22N2O8. The van der Waals surface area contributed by atoms with Gasteiger partial charge in [-0.1, -0.05) is 20.3 Å². The molecule has 0 unspecified atom stereocenters. The van der Waals surface area contributed by atoms with E-state index >= 15 is 0 Å². The molecule has 0 aliphatic rings. The number of nitro benzene ring substituents is 1. The molecule has 148 valence electrons. The minimum absolute atomic E-state index is 0.0104. The predicted molar refractivity (Wildman–Crippen MR) is 93.3 cm³/mol. The molecule has 0 fully saturated rings. The number of carbonyl (C=O) groups is 3. The number of carbonyl (C=O) groups excluding carboxylic acids is 3. The van der Waals surface area contributed by atoms with Gasteiger partial charge >= 0.3 is 17.6 Å². The number of esters is 2. The van der Waals surface area contributed by atoms with E-state index in [0.29, 0.717) is 6.42 Å². The van der Waals surface area contributed by atoms with E-state index in [1.54, 1.807) is 6.92 Å². The number of nitrogens with one attached hydrogen (secondary N) is 1. The molecule has 0 aliphatic heterocycles. The normalized spacial score (nSPS) is 12.4. The summed E-state index contributed by atoms with van der Waals surface area (Å²) < 4.78 is 14.4. The summed E-state index contributed by atoms with van der Waals surface area (Å²) in [5.74, 6) is -2.41. The summed E-state index contributed by atoms with van der Waals surface area (Å²) in [6, 6.07) is 2.66. The number of amides is 1. The van der Waals surface area contributed by atoms with Crippen molar-refractivity contribution in [1.82, 2.24) is 5.32 Å². The van der Waals surface area contributed by atoms with Crippen molar-refractivity contribution in [3.63, 3.8) is 0 Å². The molecule has 1 aromatic carbocycles. The molecule has 0 saturated heterocycles. The van der Waals surface area contributed by atoms with Gasteiger partial charge in [0.15, 0.2) is 12.4 Å². The van der Waals surface area contributed by atoms with Crippen LogP contribution in [0.25, 0.3) is 0 Å². The fraction of sp³-hybridized carbons (Fsp3) is 0.471. The molecule has 0 radical (unpaired) electrons. The SMILES string of the molecule is CC[C@@H](C)[C@@H](NC(=O)COC(=O)c1ccc(OC)c([N+](=O)[O-])c1)C(=O)OC. The zero-order valence-electron chi connectivity index (χ0n) is 15.5. The summed E-state index contributed by atoms with van der Waals surface area (Å²) in [5.41, 5.74) is -0.513. The molecule has 0 saturated carbocycles. The van der Waals surface area contributed by atoms with Crippen LogP contribution in [-0.2, 0) is 19.1 Å². The molecule has 1 aromatic rings. The molecule has 10 nitrogen and oxygen atoms in total. The highest BCUT2D eigenvalue weighted by Gasteiger charge is 2.27. The zero-order chi connectivity index (χ0) is 20.6. The minimum Gasteiger partial charge on any atom is -0.490 e. The van der Waals surface area contributed by atoms with Crippen molar-refractivity contribution in [2.45, 2.75) is 26.3 Å². The van der Waals surface area contributed by atoms with Crippen molar-refractivity contribution in [2.24, 2.45) is 5.92 Å². The Kier molecular flexibility index (Phi) is 8.18. The van der Waals surface area contributed by atoms with E-state index in [2.05, 4.69) is 10.1 Å². The minimum atomic E-state index is -0.922. The predicted octanol–water partition coefficient (Wildman–Crippen LogP) is 1.46. The lowest BCUT2D eigenvalue weighted by Crippen LogP contribution is -2.47. The van der Waals surface area contributed by atoms with Crippen LogP contribution in [-0.4, -0.2) is 49.6 Å². The van der Waals surface area contributed by atoms with Crippen LogP contribution in [0.15, 0.2) is 18.2 Å². The van der Waals surface area contributed by atoms with Crippen molar-refractivity contribution in [2.75, 3.05) is 20.8 Å². The highest BCUT2D eigenvalue weighted by molar-refractivity contribution is 5.93. The Balaban J connectivity index is 2.76. The van der Waals surface area contributed by atoms with Crippen LogP contribution >= 0.6 is 0 Å². The Bertz CT molecular complexity index is 719. The quantitative estimate of drug-likeness (QED) is 0.385. The summed E-state index contributed by atoms with van der Waals surface area (Å²) in [6.07, 6.45) is 0.620. The van der Waals surface area contributed by atoms with Crippen LogP contribution in [0.3, 0.4) is 0 Å². The number of benzene rings is 1. The Morgan fingerprint density at radius 1 is 1.26 bits per heavy atom. The van der Waals surface area contributed by atoms with Gasteiger partial charge in [-0.25, -0.2) is 9.59 Å². The van der Waals surface area contributed by atoms with E-state index in [-0.39, 0.29) is 17.2 Å². The second-order valence-corrected chi connectivity index (χ2v) is 5.67. The first-order valence-corrected chi connectivity index (χ1v) is 8.11. The maximum Gasteiger partial charge on any atom is 0.338 e. The lowest BCUT2D eigenvalue weighted by atomic mass is 9.99. The molecular weight excluding hydrogens is 360 g/mol. The topological polar surface area (TPSA) is 134 Å². The lowest BCUT2D eigenvalue weighted by molar-refractivity contribution is -0.385. The molecule has 2 atom stereocenters. The molecule has 0 aliphatic carbocycles. The maximum absolute atomic E-state index is 12.0. The number of nitro groups is 1. The Labute approximate surface area is 155 Å². The number of hydrogen-bond donors (Lipinski definition) is 1. The van der Waals surface area contributed by atoms with Crippen molar-refractivity contribution in [3.8, 4) is 5.75 Å². The van der Waals surface area contributed by atoms with Gasteiger partial charge in [0.05, 0.1) is 24.7 Å². The number of ether oxygens (including phenoxy) is 3.